The van der Waals surface area contributed by atoms with E-state index in [-0.39, 0.29) is 28.7 Å². The number of nitrogens with two attached hydrogens (primary N) is 1. The summed E-state index contributed by atoms with van der Waals surface area (Å²) in [4.78, 5) is 39.2. The molecule has 16 heteroatoms. The summed E-state index contributed by atoms with van der Waals surface area (Å²) >= 11 is 5.79. The molecule has 0 spiro atoms. The van der Waals surface area contributed by atoms with Crippen LogP contribution in [0.5, 0.6) is 0 Å². The Morgan fingerprint density at radius 1 is 1.21 bits per heavy atom. The zero-order valence-corrected chi connectivity index (χ0v) is 16.7. The van der Waals surface area contributed by atoms with Crippen LogP contribution in [0, 0.1) is 0 Å². The second-order valence-corrected chi connectivity index (χ2v) is 11.4. The second-order valence-electron chi connectivity index (χ2n) is 6.41. The summed E-state index contributed by atoms with van der Waals surface area (Å²) in [6, 6.07) is 0. The lowest BCUT2D eigenvalue weighted by Crippen LogP contribution is -2.32. The molecule has 1 fully saturated rings. The molecule has 0 aromatic carbocycles. The summed E-state index contributed by atoms with van der Waals surface area (Å²) in [7, 11) is -8.84. The van der Waals surface area contributed by atoms with E-state index in [1.807, 2.05) is 0 Å². The Morgan fingerprint density at radius 2 is 1.89 bits per heavy atom. The van der Waals surface area contributed by atoms with E-state index < -0.39 is 51.6 Å². The van der Waals surface area contributed by atoms with Crippen molar-refractivity contribution in [3.63, 3.8) is 0 Å². The van der Waals surface area contributed by atoms with Gasteiger partial charge in [0, 0.05) is 6.16 Å². The van der Waals surface area contributed by atoms with Crippen molar-refractivity contribution in [1.29, 1.82) is 0 Å². The van der Waals surface area contributed by atoms with Crippen molar-refractivity contribution < 1.29 is 38.8 Å². The smallest absolute Gasteiger partial charge is 0.335 e. The number of halogens is 1. The molecule has 3 unspecified atom stereocenters. The molecule has 7 N–H and O–H groups in total. The molecule has 13 nitrogen and oxygen atoms in total. The number of rotatable bonds is 6. The van der Waals surface area contributed by atoms with Crippen molar-refractivity contribution in [2.24, 2.45) is 0 Å². The highest BCUT2D eigenvalue weighted by Crippen LogP contribution is 2.55. The standard InChI is InChI=1S/C12H18ClN5O8P2/c13-12-16-9(14)6-10(17-12)18(3-15-6)11-8(20)7(19)5(26-11)1-2-27(21,22)4-28(23,24)25/h3,5,7-8,11,19-20H,1-2,4H2,(H,21,22)(H2,14,16,17)(H2,23,24,25)/t5-,7?,8?,11-/m1/s1. The first-order chi connectivity index (χ1) is 12.9. The number of nitrogen functional groups attached to an aromatic ring is 1. The maximum atomic E-state index is 11.9. The summed E-state index contributed by atoms with van der Waals surface area (Å²) in [6.07, 6.45) is -4.53. The van der Waals surface area contributed by atoms with E-state index in [0.717, 1.165) is 0 Å². The maximum absolute atomic E-state index is 11.9. The van der Waals surface area contributed by atoms with Gasteiger partial charge in [0.05, 0.1) is 12.4 Å². The van der Waals surface area contributed by atoms with E-state index in [1.54, 1.807) is 0 Å². The Bertz CT molecular complexity index is 982. The van der Waals surface area contributed by atoms with Gasteiger partial charge in [0.25, 0.3) is 0 Å². The molecule has 5 atom stereocenters. The average Bonchev–Trinajstić information content (AvgIpc) is 3.06. The average molecular weight is 458 g/mol. The normalized spacial score (nSPS) is 27.9. The number of ether oxygens (including phenoxy) is 1. The Hall–Kier alpha value is -1.14. The van der Waals surface area contributed by atoms with Crippen LogP contribution in [0.25, 0.3) is 11.2 Å². The minimum absolute atomic E-state index is 0.0111. The van der Waals surface area contributed by atoms with Crippen LogP contribution in [0.1, 0.15) is 12.6 Å². The van der Waals surface area contributed by atoms with Crippen LogP contribution in [0.15, 0.2) is 6.33 Å². The highest BCUT2D eigenvalue weighted by atomic mass is 35.5. The predicted octanol–water partition coefficient (Wildman–Crippen LogP) is -0.523. The number of anilines is 1. The SMILES string of the molecule is Nc1nc(Cl)nc2c1ncn2[C@@H]1O[C@H](CCP(=O)(O)CP(=O)(O)O)C(O)C1O. The minimum atomic E-state index is -4.68. The van der Waals surface area contributed by atoms with Crippen molar-refractivity contribution in [2.75, 3.05) is 17.8 Å². The van der Waals surface area contributed by atoms with Crippen molar-refractivity contribution in [2.45, 2.75) is 31.0 Å². The van der Waals surface area contributed by atoms with Gasteiger partial charge in [-0.2, -0.15) is 9.97 Å². The molecule has 2 aromatic rings. The fourth-order valence-electron chi connectivity index (χ4n) is 2.98. The van der Waals surface area contributed by atoms with E-state index in [1.165, 1.54) is 10.9 Å². The number of aromatic nitrogens is 4. The lowest BCUT2D eigenvalue weighted by atomic mass is 10.1. The molecule has 156 valence electrons. The number of hydrogen-bond acceptors (Lipinski definition) is 9. The van der Waals surface area contributed by atoms with E-state index in [0.29, 0.717) is 0 Å². The molecule has 0 aliphatic carbocycles. The topological polar surface area (TPSA) is 214 Å². The fourth-order valence-corrected chi connectivity index (χ4v) is 6.68. The lowest BCUT2D eigenvalue weighted by molar-refractivity contribution is -0.0354. The van der Waals surface area contributed by atoms with Gasteiger partial charge in [-0.1, -0.05) is 0 Å². The van der Waals surface area contributed by atoms with Crippen molar-refractivity contribution in [3.8, 4) is 0 Å². The third-order valence-electron chi connectivity index (χ3n) is 4.20. The second kappa shape index (κ2) is 7.60. The summed E-state index contributed by atoms with van der Waals surface area (Å²) in [5.74, 6) is -1.16. The summed E-state index contributed by atoms with van der Waals surface area (Å²) in [5.41, 5.74) is 6.08. The van der Waals surface area contributed by atoms with Gasteiger partial charge in [-0.15, -0.1) is 0 Å². The number of hydrogen-bond donors (Lipinski definition) is 6. The quantitative estimate of drug-likeness (QED) is 0.238. The molecule has 1 aliphatic heterocycles. The highest BCUT2D eigenvalue weighted by Gasteiger charge is 2.45. The molecule has 0 radical (unpaired) electrons. The number of fused-ring (bicyclic) bond motifs is 1. The van der Waals surface area contributed by atoms with Gasteiger partial charge >= 0.3 is 7.60 Å². The van der Waals surface area contributed by atoms with E-state index >= 15 is 0 Å². The summed E-state index contributed by atoms with van der Waals surface area (Å²) in [6.45, 7) is 0. The van der Waals surface area contributed by atoms with Crippen LogP contribution < -0.4 is 5.73 Å². The largest absolute Gasteiger partial charge is 0.388 e. The number of imidazole rings is 1. The van der Waals surface area contributed by atoms with Gasteiger partial charge in [0.2, 0.25) is 12.7 Å². The fraction of sp³-hybridized carbons (Fsp3) is 0.583. The monoisotopic (exact) mass is 457 g/mol. The molecule has 3 heterocycles. The first kappa shape index (κ1) is 21.6. The molecule has 28 heavy (non-hydrogen) atoms. The van der Waals surface area contributed by atoms with Crippen LogP contribution in [0.3, 0.4) is 0 Å². The summed E-state index contributed by atoms with van der Waals surface area (Å²) in [5, 5.41) is 20.4. The van der Waals surface area contributed by atoms with Crippen LogP contribution in [-0.4, -0.2) is 74.8 Å². The van der Waals surface area contributed by atoms with Gasteiger partial charge in [0.1, 0.15) is 23.6 Å². The predicted molar refractivity (Wildman–Crippen MR) is 96.9 cm³/mol. The Balaban J connectivity index is 1.78. The number of nitrogens with zero attached hydrogens (tertiary/aromatic N) is 4. The zero-order chi connectivity index (χ0) is 20.9. The highest BCUT2D eigenvalue weighted by molar-refractivity contribution is 7.72. The molecule has 1 saturated heterocycles. The lowest BCUT2D eigenvalue weighted by Gasteiger charge is -2.17. The summed E-state index contributed by atoms with van der Waals surface area (Å²) < 4.78 is 29.8. The van der Waals surface area contributed by atoms with Crippen molar-refractivity contribution in [3.05, 3.63) is 11.6 Å². The van der Waals surface area contributed by atoms with E-state index in [2.05, 4.69) is 15.0 Å². The molecular formula is C12H18ClN5O8P2. The van der Waals surface area contributed by atoms with Gasteiger partial charge in [-0.05, 0) is 18.0 Å². The number of aliphatic hydroxyl groups is 2. The maximum Gasteiger partial charge on any atom is 0.335 e. The zero-order valence-electron chi connectivity index (χ0n) is 14.1. The van der Waals surface area contributed by atoms with Crippen LogP contribution in [0.2, 0.25) is 5.28 Å². The molecule has 3 rings (SSSR count). The number of aliphatic hydroxyl groups excluding tert-OH is 2. The molecule has 0 amide bonds. The minimum Gasteiger partial charge on any atom is -0.388 e. The van der Waals surface area contributed by atoms with Crippen molar-refractivity contribution in [1.82, 2.24) is 19.5 Å². The van der Waals surface area contributed by atoms with Gasteiger partial charge in [-0.25, -0.2) is 4.98 Å². The molecule has 0 bridgehead atoms. The van der Waals surface area contributed by atoms with Crippen molar-refractivity contribution >= 4 is 43.5 Å². The van der Waals surface area contributed by atoms with Gasteiger partial charge < -0.3 is 35.4 Å². The van der Waals surface area contributed by atoms with Gasteiger partial charge in [0.15, 0.2) is 17.7 Å². The van der Waals surface area contributed by atoms with E-state index in [9.17, 15) is 24.2 Å². The van der Waals surface area contributed by atoms with Gasteiger partial charge in [-0.3, -0.25) is 13.7 Å². The van der Waals surface area contributed by atoms with E-state index in [4.69, 9.17) is 31.9 Å². The molecular weight excluding hydrogens is 440 g/mol. The Labute approximate surface area is 162 Å². The van der Waals surface area contributed by atoms with Crippen LogP contribution in [-0.2, 0) is 13.9 Å². The van der Waals surface area contributed by atoms with Crippen LogP contribution >= 0.6 is 26.6 Å². The first-order valence-electron chi connectivity index (χ1n) is 7.90. The molecule has 2 aromatic heterocycles. The van der Waals surface area contributed by atoms with Crippen LogP contribution in [0.4, 0.5) is 5.82 Å². The first-order valence-corrected chi connectivity index (χ1v) is 12.1. The molecule has 0 saturated carbocycles. The third kappa shape index (κ3) is 4.54. The Morgan fingerprint density at radius 3 is 2.54 bits per heavy atom. The third-order valence-corrected chi connectivity index (χ3v) is 8.57. The Kier molecular flexibility index (Phi) is 5.85. The molecule has 1 aliphatic rings.